The normalized spacial score (nSPS) is 19.4. The number of carbonyl (C=O) groups is 1. The van der Waals surface area contributed by atoms with Gasteiger partial charge in [-0.15, -0.1) is 0 Å². The first-order valence-electron chi connectivity index (χ1n) is 7.41. The highest BCUT2D eigenvalue weighted by atomic mass is 16.5. The molecule has 2 N–H and O–H groups in total. The van der Waals surface area contributed by atoms with Crippen molar-refractivity contribution in [3.05, 3.63) is 59.2 Å². The molecule has 0 fully saturated rings. The molecule has 0 aromatic heterocycles. The number of fused-ring (bicyclic) bond motifs is 1. The molecule has 0 radical (unpaired) electrons. The van der Waals surface area contributed by atoms with Crippen LogP contribution in [0.4, 0.5) is 0 Å². The minimum Gasteiger partial charge on any atom is -0.497 e. The Balaban J connectivity index is 1.90. The van der Waals surface area contributed by atoms with Gasteiger partial charge in [-0.2, -0.15) is 0 Å². The highest BCUT2D eigenvalue weighted by Gasteiger charge is 2.28. The molecule has 23 heavy (non-hydrogen) atoms. The number of benzene rings is 2. The van der Waals surface area contributed by atoms with Gasteiger partial charge in [0, 0.05) is 18.0 Å². The largest absolute Gasteiger partial charge is 0.497 e. The van der Waals surface area contributed by atoms with Gasteiger partial charge in [0.05, 0.1) is 19.8 Å². The van der Waals surface area contributed by atoms with Gasteiger partial charge in [-0.05, 0) is 35.9 Å². The van der Waals surface area contributed by atoms with E-state index in [2.05, 4.69) is 0 Å². The second-order valence-electron chi connectivity index (χ2n) is 5.47. The first-order chi connectivity index (χ1) is 11.1. The topological polar surface area (TPSA) is 70.8 Å². The van der Waals surface area contributed by atoms with Crippen LogP contribution in [0.2, 0.25) is 0 Å². The summed E-state index contributed by atoms with van der Waals surface area (Å²) in [5.74, 6) is 1.14. The summed E-state index contributed by atoms with van der Waals surface area (Å²) in [6.45, 7) is 0. The van der Waals surface area contributed by atoms with Gasteiger partial charge < -0.3 is 19.9 Å². The van der Waals surface area contributed by atoms with Gasteiger partial charge in [0.15, 0.2) is 0 Å². The SMILES string of the molecule is COC(=O)c1cccc([C@H]2C[C@@H](N)c3cc(OC)ccc3O2)c1. The monoisotopic (exact) mass is 313 g/mol. The van der Waals surface area contributed by atoms with Crippen LogP contribution in [0.5, 0.6) is 11.5 Å². The van der Waals surface area contributed by atoms with Crippen molar-refractivity contribution < 1.29 is 19.0 Å². The molecule has 3 rings (SSSR count). The van der Waals surface area contributed by atoms with E-state index in [-0.39, 0.29) is 18.1 Å². The first-order valence-corrected chi connectivity index (χ1v) is 7.41. The van der Waals surface area contributed by atoms with E-state index >= 15 is 0 Å². The lowest BCUT2D eigenvalue weighted by molar-refractivity contribution is 0.0600. The minimum atomic E-state index is -0.364. The van der Waals surface area contributed by atoms with Gasteiger partial charge in [0.1, 0.15) is 17.6 Å². The molecule has 0 bridgehead atoms. The number of rotatable bonds is 3. The molecule has 5 nitrogen and oxygen atoms in total. The number of esters is 1. The third-order valence-corrected chi connectivity index (χ3v) is 4.03. The maximum Gasteiger partial charge on any atom is 0.337 e. The van der Waals surface area contributed by atoms with Crippen molar-refractivity contribution in [2.24, 2.45) is 5.73 Å². The third-order valence-electron chi connectivity index (χ3n) is 4.03. The van der Waals surface area contributed by atoms with Crippen LogP contribution in [0.3, 0.4) is 0 Å². The maximum absolute atomic E-state index is 11.7. The van der Waals surface area contributed by atoms with E-state index in [9.17, 15) is 4.79 Å². The van der Waals surface area contributed by atoms with Gasteiger partial charge >= 0.3 is 5.97 Å². The van der Waals surface area contributed by atoms with E-state index in [1.165, 1.54) is 7.11 Å². The Morgan fingerprint density at radius 2 is 2.04 bits per heavy atom. The van der Waals surface area contributed by atoms with Gasteiger partial charge in [0.25, 0.3) is 0 Å². The van der Waals surface area contributed by atoms with Crippen LogP contribution in [0.25, 0.3) is 0 Å². The van der Waals surface area contributed by atoms with Crippen molar-refractivity contribution in [1.29, 1.82) is 0 Å². The molecule has 0 amide bonds. The fraction of sp³-hybridized carbons (Fsp3) is 0.278. The lowest BCUT2D eigenvalue weighted by atomic mass is 9.93. The van der Waals surface area contributed by atoms with Crippen LogP contribution in [0, 0.1) is 0 Å². The Morgan fingerprint density at radius 1 is 1.22 bits per heavy atom. The summed E-state index contributed by atoms with van der Waals surface area (Å²) in [7, 11) is 2.99. The van der Waals surface area contributed by atoms with Crippen molar-refractivity contribution in [3.63, 3.8) is 0 Å². The quantitative estimate of drug-likeness (QED) is 0.882. The zero-order chi connectivity index (χ0) is 16.4. The van der Waals surface area contributed by atoms with Crippen LogP contribution >= 0.6 is 0 Å². The van der Waals surface area contributed by atoms with Crippen LogP contribution in [-0.2, 0) is 4.74 Å². The van der Waals surface area contributed by atoms with E-state index < -0.39 is 0 Å². The minimum absolute atomic E-state index is 0.152. The van der Waals surface area contributed by atoms with Crippen LogP contribution in [0.1, 0.15) is 40.1 Å². The van der Waals surface area contributed by atoms with Gasteiger partial charge in [0.2, 0.25) is 0 Å². The predicted molar refractivity (Wildman–Crippen MR) is 85.7 cm³/mol. The molecular formula is C18H19NO4. The Kier molecular flexibility index (Phi) is 4.21. The molecule has 0 saturated carbocycles. The van der Waals surface area contributed by atoms with Gasteiger partial charge in [-0.1, -0.05) is 12.1 Å². The van der Waals surface area contributed by atoms with E-state index in [4.69, 9.17) is 19.9 Å². The molecule has 2 aromatic rings. The Hall–Kier alpha value is -2.53. The molecule has 1 aliphatic rings. The van der Waals surface area contributed by atoms with E-state index in [1.54, 1.807) is 19.2 Å². The van der Waals surface area contributed by atoms with E-state index in [0.29, 0.717) is 12.0 Å². The summed E-state index contributed by atoms with van der Waals surface area (Å²) in [5.41, 5.74) is 8.64. The molecule has 2 aromatic carbocycles. The number of carbonyl (C=O) groups excluding carboxylic acids is 1. The number of hydrogen-bond acceptors (Lipinski definition) is 5. The molecule has 0 aliphatic carbocycles. The van der Waals surface area contributed by atoms with Gasteiger partial charge in [-0.25, -0.2) is 4.79 Å². The smallest absolute Gasteiger partial charge is 0.337 e. The van der Waals surface area contributed by atoms with Crippen molar-refractivity contribution in [2.75, 3.05) is 14.2 Å². The Morgan fingerprint density at radius 3 is 2.78 bits per heavy atom. The lowest BCUT2D eigenvalue weighted by Crippen LogP contribution is -2.24. The molecule has 1 aliphatic heterocycles. The second-order valence-corrected chi connectivity index (χ2v) is 5.47. The molecule has 120 valence electrons. The fourth-order valence-corrected chi connectivity index (χ4v) is 2.80. The zero-order valence-electron chi connectivity index (χ0n) is 13.1. The van der Waals surface area contributed by atoms with Crippen molar-refractivity contribution >= 4 is 5.97 Å². The zero-order valence-corrected chi connectivity index (χ0v) is 13.1. The number of hydrogen-bond donors (Lipinski definition) is 1. The summed E-state index contributed by atoms with van der Waals surface area (Å²) in [6.07, 6.45) is 0.431. The Labute approximate surface area is 135 Å². The number of ether oxygens (including phenoxy) is 3. The maximum atomic E-state index is 11.7. The molecule has 5 heteroatoms. The molecule has 2 atom stereocenters. The van der Waals surface area contributed by atoms with Crippen molar-refractivity contribution in [2.45, 2.75) is 18.6 Å². The van der Waals surface area contributed by atoms with E-state index in [0.717, 1.165) is 22.6 Å². The molecule has 0 spiro atoms. The first kappa shape index (κ1) is 15.4. The van der Waals surface area contributed by atoms with Crippen LogP contribution in [-0.4, -0.2) is 20.2 Å². The Bertz CT molecular complexity index is 729. The second kappa shape index (κ2) is 6.30. The summed E-state index contributed by atoms with van der Waals surface area (Å²) >= 11 is 0. The van der Waals surface area contributed by atoms with Crippen LogP contribution in [0.15, 0.2) is 42.5 Å². The fourth-order valence-electron chi connectivity index (χ4n) is 2.80. The van der Waals surface area contributed by atoms with Crippen molar-refractivity contribution in [3.8, 4) is 11.5 Å². The average molecular weight is 313 g/mol. The average Bonchev–Trinajstić information content (AvgIpc) is 2.60. The summed E-state index contributed by atoms with van der Waals surface area (Å²) in [5, 5.41) is 0. The number of nitrogens with two attached hydrogens (primary N) is 1. The molecule has 1 heterocycles. The molecule has 0 unspecified atom stereocenters. The van der Waals surface area contributed by atoms with E-state index in [1.807, 2.05) is 30.3 Å². The van der Waals surface area contributed by atoms with Gasteiger partial charge in [-0.3, -0.25) is 0 Å². The molecule has 0 saturated heterocycles. The predicted octanol–water partition coefficient (Wildman–Crippen LogP) is 3.01. The number of methoxy groups -OCH3 is 2. The highest BCUT2D eigenvalue weighted by molar-refractivity contribution is 5.89. The third kappa shape index (κ3) is 3.00. The highest BCUT2D eigenvalue weighted by Crippen LogP contribution is 2.41. The standard InChI is InChI=1S/C18H19NO4/c1-21-13-6-7-16-14(9-13)15(19)10-17(23-16)11-4-3-5-12(8-11)18(20)22-2/h3-9,15,17H,10,19H2,1-2H3/t15-,17-/m1/s1. The summed E-state index contributed by atoms with van der Waals surface area (Å²) < 4.78 is 16.1. The lowest BCUT2D eigenvalue weighted by Gasteiger charge is -2.31. The van der Waals surface area contributed by atoms with Crippen molar-refractivity contribution in [1.82, 2.24) is 0 Å². The summed E-state index contributed by atoms with van der Waals surface area (Å²) in [4.78, 5) is 11.7. The molecular weight excluding hydrogens is 294 g/mol. The van der Waals surface area contributed by atoms with Crippen LogP contribution < -0.4 is 15.2 Å². The summed E-state index contributed by atoms with van der Waals surface area (Å²) in [6, 6.07) is 12.7.